The van der Waals surface area contributed by atoms with Gasteiger partial charge in [-0.2, -0.15) is 0 Å². The molecule has 0 aliphatic rings. The van der Waals surface area contributed by atoms with Crippen LogP contribution in [0, 0.1) is 36.9 Å². The molecular weight excluding hydrogens is 380 g/mol. The molecule has 0 saturated carbocycles. The first-order valence-electron chi connectivity index (χ1n) is 9.49. The maximum atomic E-state index is 8.96. The van der Waals surface area contributed by atoms with Gasteiger partial charge < -0.3 is 9.47 Å². The van der Waals surface area contributed by atoms with Crippen molar-refractivity contribution in [3.05, 3.63) is 46.5 Å². The molecule has 0 heterocycles. The number of hydrogen-bond acceptors (Lipinski definition) is 5. The van der Waals surface area contributed by atoms with Crippen LogP contribution in [0.1, 0.15) is 63.8 Å². The van der Waals surface area contributed by atoms with E-state index >= 15 is 0 Å². The number of rotatable bonds is 4. The number of nitrogens with zero attached hydrogens (tertiary/aromatic N) is 2. The first kappa shape index (κ1) is 22.7. The molecule has 0 bridgehead atoms. The molecule has 0 spiro atoms. The Morgan fingerprint density at radius 2 is 1.03 bits per heavy atom. The minimum absolute atomic E-state index is 0.123. The van der Waals surface area contributed by atoms with Crippen LogP contribution in [0.3, 0.4) is 0 Å². The van der Waals surface area contributed by atoms with Crippen LogP contribution in [0.5, 0.6) is 11.5 Å². The predicted molar refractivity (Wildman–Crippen MR) is 116 cm³/mol. The molecule has 2 aromatic rings. The Balaban J connectivity index is 2.69. The normalized spacial score (nSPS) is 11.5. The highest BCUT2D eigenvalue weighted by Gasteiger charge is 2.27. The van der Waals surface area contributed by atoms with Gasteiger partial charge in [-0.25, -0.2) is 0 Å². The van der Waals surface area contributed by atoms with Gasteiger partial charge in [-0.3, -0.25) is 0 Å². The molecule has 0 atom stereocenters. The Bertz CT molecular complexity index is 918. The second-order valence-corrected chi connectivity index (χ2v) is 10.2. The SMILES string of the molecule is Cc1c(OC#N)ccc(Sc2ccc(OC#N)c(C)c2C(C)(C)C)c1C(C)(C)C. The van der Waals surface area contributed by atoms with Crippen LogP contribution in [0.4, 0.5) is 0 Å². The van der Waals surface area contributed by atoms with Crippen LogP contribution in [0.2, 0.25) is 0 Å². The summed E-state index contributed by atoms with van der Waals surface area (Å²) in [5.74, 6) is 1.18. The van der Waals surface area contributed by atoms with Crippen molar-refractivity contribution in [1.82, 2.24) is 0 Å². The molecule has 0 saturated heterocycles. The van der Waals surface area contributed by atoms with Gasteiger partial charge in [0.15, 0.2) is 0 Å². The third-order valence-electron chi connectivity index (χ3n) is 4.79. The van der Waals surface area contributed by atoms with Gasteiger partial charge in [-0.05, 0) is 71.2 Å². The van der Waals surface area contributed by atoms with Crippen molar-refractivity contribution in [2.75, 3.05) is 0 Å². The van der Waals surface area contributed by atoms with Gasteiger partial charge in [0.2, 0.25) is 0 Å². The maximum absolute atomic E-state index is 8.96. The minimum atomic E-state index is -0.123. The summed E-state index contributed by atoms with van der Waals surface area (Å²) in [5.41, 5.74) is 4.02. The van der Waals surface area contributed by atoms with E-state index in [2.05, 4.69) is 41.5 Å². The third kappa shape index (κ3) is 4.86. The Morgan fingerprint density at radius 1 is 0.690 bits per heavy atom. The number of nitriles is 2. The average Bonchev–Trinajstić information content (AvgIpc) is 2.57. The highest BCUT2D eigenvalue weighted by atomic mass is 32.2. The molecule has 0 aromatic heterocycles. The number of ether oxygens (including phenoxy) is 2. The summed E-state index contributed by atoms with van der Waals surface area (Å²) in [6.45, 7) is 17.0. The second kappa shape index (κ2) is 8.39. The van der Waals surface area contributed by atoms with Crippen molar-refractivity contribution < 1.29 is 9.47 Å². The summed E-state index contributed by atoms with van der Waals surface area (Å²) in [4.78, 5) is 2.25. The Hall–Kier alpha value is -2.63. The lowest BCUT2D eigenvalue weighted by atomic mass is 9.83. The predicted octanol–water partition coefficient (Wildman–Crippen LogP) is 6.77. The van der Waals surface area contributed by atoms with E-state index in [1.54, 1.807) is 24.3 Å². The fourth-order valence-electron chi connectivity index (χ4n) is 3.81. The first-order valence-corrected chi connectivity index (χ1v) is 10.3. The summed E-state index contributed by atoms with van der Waals surface area (Å²) >= 11 is 1.70. The van der Waals surface area contributed by atoms with Crippen LogP contribution in [0.15, 0.2) is 34.1 Å². The lowest BCUT2D eigenvalue weighted by Crippen LogP contribution is -2.17. The lowest BCUT2D eigenvalue weighted by Gasteiger charge is -2.29. The minimum Gasteiger partial charge on any atom is -0.388 e. The summed E-state index contributed by atoms with van der Waals surface area (Å²) in [7, 11) is 0. The van der Waals surface area contributed by atoms with Crippen LogP contribution in [-0.4, -0.2) is 0 Å². The molecular formula is C24H28N2O2S. The molecule has 2 rings (SSSR count). The first-order chi connectivity index (χ1) is 13.4. The van der Waals surface area contributed by atoms with E-state index in [1.807, 2.05) is 38.1 Å². The molecule has 0 N–H and O–H groups in total. The van der Waals surface area contributed by atoms with E-state index in [1.165, 1.54) is 0 Å². The number of benzene rings is 2. The molecule has 4 nitrogen and oxygen atoms in total. The molecule has 2 aromatic carbocycles. The zero-order valence-electron chi connectivity index (χ0n) is 18.4. The van der Waals surface area contributed by atoms with Gasteiger partial charge in [0, 0.05) is 9.79 Å². The smallest absolute Gasteiger partial charge is 0.292 e. The fourth-order valence-corrected chi connectivity index (χ4v) is 5.44. The van der Waals surface area contributed by atoms with Gasteiger partial charge in [-0.1, -0.05) is 53.3 Å². The largest absolute Gasteiger partial charge is 0.388 e. The molecule has 0 aliphatic heterocycles. The van der Waals surface area contributed by atoms with Crippen LogP contribution < -0.4 is 9.47 Å². The topological polar surface area (TPSA) is 66.0 Å². The fraction of sp³-hybridized carbons (Fsp3) is 0.417. The Labute approximate surface area is 178 Å². The lowest BCUT2D eigenvalue weighted by molar-refractivity contribution is 0.492. The Morgan fingerprint density at radius 3 is 1.31 bits per heavy atom. The van der Waals surface area contributed by atoms with E-state index < -0.39 is 0 Å². The van der Waals surface area contributed by atoms with Gasteiger partial charge in [0.05, 0.1) is 0 Å². The van der Waals surface area contributed by atoms with E-state index in [-0.39, 0.29) is 10.8 Å². The molecule has 0 fully saturated rings. The van der Waals surface area contributed by atoms with Crippen molar-refractivity contribution in [3.63, 3.8) is 0 Å². The molecule has 152 valence electrons. The zero-order chi connectivity index (χ0) is 22.0. The average molecular weight is 409 g/mol. The van der Waals surface area contributed by atoms with Crippen molar-refractivity contribution in [2.45, 2.75) is 76.0 Å². The third-order valence-corrected chi connectivity index (χ3v) is 5.91. The molecule has 0 unspecified atom stereocenters. The van der Waals surface area contributed by atoms with Crippen molar-refractivity contribution in [2.24, 2.45) is 0 Å². The zero-order valence-corrected chi connectivity index (χ0v) is 19.2. The summed E-state index contributed by atoms with van der Waals surface area (Å²) in [5, 5.41) is 17.9. The van der Waals surface area contributed by atoms with E-state index in [0.29, 0.717) is 11.5 Å². The van der Waals surface area contributed by atoms with Crippen molar-refractivity contribution in [3.8, 4) is 24.0 Å². The highest BCUT2D eigenvalue weighted by molar-refractivity contribution is 7.99. The summed E-state index contributed by atoms with van der Waals surface area (Å²) < 4.78 is 10.3. The molecule has 0 aliphatic carbocycles. The highest BCUT2D eigenvalue weighted by Crippen LogP contribution is 2.46. The van der Waals surface area contributed by atoms with Gasteiger partial charge in [-0.15, -0.1) is 10.5 Å². The van der Waals surface area contributed by atoms with Gasteiger partial charge in [0.1, 0.15) is 11.5 Å². The van der Waals surface area contributed by atoms with E-state index in [0.717, 1.165) is 32.0 Å². The maximum Gasteiger partial charge on any atom is 0.292 e. The van der Waals surface area contributed by atoms with E-state index in [4.69, 9.17) is 20.0 Å². The second-order valence-electron chi connectivity index (χ2n) is 9.11. The molecule has 0 amide bonds. The number of hydrogen-bond donors (Lipinski definition) is 0. The van der Waals surface area contributed by atoms with Gasteiger partial charge in [0.25, 0.3) is 12.5 Å². The van der Waals surface area contributed by atoms with Crippen LogP contribution >= 0.6 is 11.8 Å². The standard InChI is InChI=1S/C24H28N2O2S/c1-15-17(27-13-25)9-11-19(21(15)23(3,4)5)29-20-12-10-18(28-14-26)16(2)22(20)24(6,7)8/h9-12H,1-8H3. The molecule has 5 heteroatoms. The quantitative estimate of drug-likeness (QED) is 0.522. The van der Waals surface area contributed by atoms with Gasteiger partial charge >= 0.3 is 0 Å². The summed E-state index contributed by atoms with van der Waals surface area (Å²) in [6.07, 6.45) is 3.56. The molecule has 0 radical (unpaired) electrons. The van der Waals surface area contributed by atoms with Crippen molar-refractivity contribution >= 4 is 11.8 Å². The van der Waals surface area contributed by atoms with Crippen molar-refractivity contribution in [1.29, 1.82) is 10.5 Å². The van der Waals surface area contributed by atoms with E-state index in [9.17, 15) is 0 Å². The Kier molecular flexibility index (Phi) is 6.56. The van der Waals surface area contributed by atoms with Crippen LogP contribution in [-0.2, 0) is 10.8 Å². The van der Waals surface area contributed by atoms with Crippen LogP contribution in [0.25, 0.3) is 0 Å². The molecule has 29 heavy (non-hydrogen) atoms. The summed E-state index contributed by atoms with van der Waals surface area (Å²) in [6, 6.07) is 7.75. The monoisotopic (exact) mass is 408 g/mol.